The summed E-state index contributed by atoms with van der Waals surface area (Å²) >= 11 is 0. The van der Waals surface area contributed by atoms with E-state index >= 15 is 0 Å². The summed E-state index contributed by atoms with van der Waals surface area (Å²) in [6, 6.07) is 9.84. The number of hydrogen-bond acceptors (Lipinski definition) is 4. The first kappa shape index (κ1) is 16.8. The highest BCUT2D eigenvalue weighted by Gasteiger charge is 2.17. The summed E-state index contributed by atoms with van der Waals surface area (Å²) in [4.78, 5) is 23.6. The molecule has 2 aromatic rings. The number of benzene rings is 2. The molecule has 0 aromatic heterocycles. The molecular formula is C19H19NO5. The Labute approximate surface area is 145 Å². The molecule has 0 saturated heterocycles. The molecule has 0 saturated carbocycles. The van der Waals surface area contributed by atoms with Crippen LogP contribution in [0, 0.1) is 6.92 Å². The maximum atomic E-state index is 12.5. The second-order valence-electron chi connectivity index (χ2n) is 5.99. The van der Waals surface area contributed by atoms with Gasteiger partial charge in [0.25, 0.3) is 5.91 Å². The van der Waals surface area contributed by atoms with Crippen molar-refractivity contribution in [1.29, 1.82) is 0 Å². The van der Waals surface area contributed by atoms with Crippen molar-refractivity contribution in [2.24, 2.45) is 0 Å². The second kappa shape index (κ2) is 6.84. The van der Waals surface area contributed by atoms with Gasteiger partial charge < -0.3 is 19.9 Å². The van der Waals surface area contributed by atoms with E-state index in [9.17, 15) is 9.59 Å². The number of amides is 1. The molecule has 3 rings (SSSR count). The van der Waals surface area contributed by atoms with Crippen LogP contribution in [0.3, 0.4) is 0 Å². The molecule has 25 heavy (non-hydrogen) atoms. The van der Waals surface area contributed by atoms with E-state index in [4.69, 9.17) is 14.6 Å². The third-order valence-electron chi connectivity index (χ3n) is 4.00. The summed E-state index contributed by atoms with van der Waals surface area (Å²) < 4.78 is 11.0. The second-order valence-corrected chi connectivity index (χ2v) is 5.99. The number of ether oxygens (including phenoxy) is 2. The number of rotatable bonds is 4. The van der Waals surface area contributed by atoms with Gasteiger partial charge >= 0.3 is 5.97 Å². The van der Waals surface area contributed by atoms with Gasteiger partial charge in [-0.25, -0.2) is 4.79 Å². The highest BCUT2D eigenvalue weighted by atomic mass is 16.6. The molecule has 1 amide bonds. The Morgan fingerprint density at radius 3 is 2.44 bits per heavy atom. The first-order chi connectivity index (χ1) is 11.9. The summed E-state index contributed by atoms with van der Waals surface area (Å²) in [5, 5.41) is 12.0. The number of carbonyl (C=O) groups excluding carboxylic acids is 1. The fourth-order valence-electron chi connectivity index (χ4n) is 2.73. The average molecular weight is 341 g/mol. The Balaban J connectivity index is 1.77. The largest absolute Gasteiger partial charge is 0.486 e. The Morgan fingerprint density at radius 1 is 1.04 bits per heavy atom. The highest BCUT2D eigenvalue weighted by molar-refractivity contribution is 5.98. The van der Waals surface area contributed by atoms with E-state index < -0.39 is 5.97 Å². The monoisotopic (exact) mass is 341 g/mol. The van der Waals surface area contributed by atoms with Crippen LogP contribution in [0.15, 0.2) is 36.4 Å². The lowest BCUT2D eigenvalue weighted by atomic mass is 10.0. The molecule has 1 unspecified atom stereocenters. The van der Waals surface area contributed by atoms with Gasteiger partial charge in [-0.1, -0.05) is 6.07 Å². The average Bonchev–Trinajstić information content (AvgIpc) is 2.60. The van der Waals surface area contributed by atoms with Gasteiger partial charge in [-0.15, -0.1) is 0 Å². The molecule has 6 heteroatoms. The molecule has 1 aliphatic heterocycles. The van der Waals surface area contributed by atoms with Crippen molar-refractivity contribution in [3.05, 3.63) is 58.7 Å². The fourth-order valence-corrected chi connectivity index (χ4v) is 2.73. The predicted molar refractivity (Wildman–Crippen MR) is 91.5 cm³/mol. The van der Waals surface area contributed by atoms with Crippen LogP contribution in [0.4, 0.5) is 0 Å². The molecule has 2 aromatic carbocycles. The Hall–Kier alpha value is -3.02. The van der Waals surface area contributed by atoms with Crippen LogP contribution in [0.2, 0.25) is 0 Å². The minimum atomic E-state index is -1.06. The summed E-state index contributed by atoms with van der Waals surface area (Å²) in [5.41, 5.74) is 2.01. The van der Waals surface area contributed by atoms with Crippen molar-refractivity contribution in [3.8, 4) is 11.5 Å². The zero-order valence-electron chi connectivity index (χ0n) is 14.0. The molecule has 0 aliphatic carbocycles. The van der Waals surface area contributed by atoms with Gasteiger partial charge in [-0.05, 0) is 55.3 Å². The SMILES string of the molecule is Cc1cc(C(=O)O)cc(C(=O)NC(C)c2ccc3c(c2)OCCO3)c1. The molecular weight excluding hydrogens is 322 g/mol. The molecule has 1 atom stereocenters. The number of carboxylic acids is 1. The summed E-state index contributed by atoms with van der Waals surface area (Å²) in [6.07, 6.45) is 0. The van der Waals surface area contributed by atoms with E-state index in [1.165, 1.54) is 12.1 Å². The van der Waals surface area contributed by atoms with Crippen LogP contribution in [0.1, 0.15) is 44.8 Å². The molecule has 6 nitrogen and oxygen atoms in total. The first-order valence-electron chi connectivity index (χ1n) is 7.99. The number of nitrogens with one attached hydrogen (secondary N) is 1. The number of aryl methyl sites for hydroxylation is 1. The van der Waals surface area contributed by atoms with Crippen molar-refractivity contribution >= 4 is 11.9 Å². The maximum absolute atomic E-state index is 12.5. The minimum Gasteiger partial charge on any atom is -0.486 e. The normalized spacial score (nSPS) is 13.8. The predicted octanol–water partition coefficient (Wildman–Crippen LogP) is 2.96. The van der Waals surface area contributed by atoms with E-state index in [0.29, 0.717) is 30.3 Å². The fraction of sp³-hybridized carbons (Fsp3) is 0.263. The minimum absolute atomic E-state index is 0.0946. The van der Waals surface area contributed by atoms with Crippen LogP contribution in [0.5, 0.6) is 11.5 Å². The molecule has 1 heterocycles. The summed E-state index contributed by atoms with van der Waals surface area (Å²) in [7, 11) is 0. The first-order valence-corrected chi connectivity index (χ1v) is 7.99. The Morgan fingerprint density at radius 2 is 1.72 bits per heavy atom. The molecule has 0 bridgehead atoms. The van der Waals surface area contributed by atoms with Gasteiger partial charge in [0.05, 0.1) is 11.6 Å². The van der Waals surface area contributed by atoms with Gasteiger partial charge in [0.2, 0.25) is 0 Å². The van der Waals surface area contributed by atoms with Crippen molar-refractivity contribution < 1.29 is 24.2 Å². The smallest absolute Gasteiger partial charge is 0.335 e. The molecule has 1 aliphatic rings. The quantitative estimate of drug-likeness (QED) is 0.893. The number of carboxylic acid groups (broad SMARTS) is 1. The lowest BCUT2D eigenvalue weighted by Crippen LogP contribution is -2.27. The van der Waals surface area contributed by atoms with Crippen molar-refractivity contribution in [2.75, 3.05) is 13.2 Å². The molecule has 130 valence electrons. The van der Waals surface area contributed by atoms with Gasteiger partial charge in [0.1, 0.15) is 13.2 Å². The molecule has 0 fully saturated rings. The highest BCUT2D eigenvalue weighted by Crippen LogP contribution is 2.32. The zero-order chi connectivity index (χ0) is 18.0. The van der Waals surface area contributed by atoms with Gasteiger partial charge in [0, 0.05) is 5.56 Å². The summed E-state index contributed by atoms with van der Waals surface area (Å²) in [6.45, 7) is 4.64. The van der Waals surface area contributed by atoms with Crippen molar-refractivity contribution in [3.63, 3.8) is 0 Å². The number of hydrogen-bond donors (Lipinski definition) is 2. The number of aromatic carboxylic acids is 1. The molecule has 0 spiro atoms. The van der Waals surface area contributed by atoms with Crippen LogP contribution in [-0.4, -0.2) is 30.2 Å². The lowest BCUT2D eigenvalue weighted by molar-refractivity contribution is 0.0696. The van der Waals surface area contributed by atoms with Crippen LogP contribution in [-0.2, 0) is 0 Å². The lowest BCUT2D eigenvalue weighted by Gasteiger charge is -2.21. The van der Waals surface area contributed by atoms with Gasteiger partial charge in [-0.3, -0.25) is 4.79 Å². The van der Waals surface area contributed by atoms with E-state index in [1.807, 2.05) is 25.1 Å². The van der Waals surface area contributed by atoms with Gasteiger partial charge in [0.15, 0.2) is 11.5 Å². The van der Waals surface area contributed by atoms with Crippen LogP contribution < -0.4 is 14.8 Å². The van der Waals surface area contributed by atoms with Crippen LogP contribution in [0.25, 0.3) is 0 Å². The van der Waals surface area contributed by atoms with E-state index in [1.54, 1.807) is 13.0 Å². The van der Waals surface area contributed by atoms with Crippen molar-refractivity contribution in [2.45, 2.75) is 19.9 Å². The van der Waals surface area contributed by atoms with E-state index in [0.717, 1.165) is 11.1 Å². The van der Waals surface area contributed by atoms with Gasteiger partial charge in [-0.2, -0.15) is 0 Å². The third kappa shape index (κ3) is 3.74. The standard InChI is InChI=1S/C19H19NO5/c1-11-7-14(9-15(8-11)19(22)23)18(21)20-12(2)13-3-4-16-17(10-13)25-6-5-24-16/h3-4,7-10,12H,5-6H2,1-2H3,(H,20,21)(H,22,23). The van der Waals surface area contributed by atoms with Crippen molar-refractivity contribution in [1.82, 2.24) is 5.32 Å². The molecule has 2 N–H and O–H groups in total. The number of fused-ring (bicyclic) bond motifs is 1. The topological polar surface area (TPSA) is 84.9 Å². The molecule has 0 radical (unpaired) electrons. The number of carbonyl (C=O) groups is 2. The maximum Gasteiger partial charge on any atom is 0.335 e. The Bertz CT molecular complexity index is 831. The van der Waals surface area contributed by atoms with E-state index in [-0.39, 0.29) is 17.5 Å². The van der Waals surface area contributed by atoms with E-state index in [2.05, 4.69) is 5.32 Å². The summed E-state index contributed by atoms with van der Waals surface area (Å²) in [5.74, 6) is -0.0295. The van der Waals surface area contributed by atoms with Crippen LogP contribution >= 0.6 is 0 Å². The third-order valence-corrected chi connectivity index (χ3v) is 4.00. The zero-order valence-corrected chi connectivity index (χ0v) is 14.0. The Kier molecular flexibility index (Phi) is 4.61.